The molecule has 0 saturated carbocycles. The number of hydrogen-bond donors (Lipinski definition) is 1. The SMILES string of the molecule is CCCNC(Cc1ccncc1Cl)C1(C)CCCS1. The average Bonchev–Trinajstić information content (AvgIpc) is 2.84. The molecular weight excluding hydrogens is 276 g/mol. The Morgan fingerprint density at radius 1 is 1.58 bits per heavy atom. The number of aromatic nitrogens is 1. The number of nitrogens with one attached hydrogen (secondary N) is 1. The molecule has 0 aliphatic carbocycles. The van der Waals surface area contributed by atoms with Gasteiger partial charge >= 0.3 is 0 Å². The highest BCUT2D eigenvalue weighted by atomic mass is 35.5. The van der Waals surface area contributed by atoms with Crippen LogP contribution in [0.1, 0.15) is 38.7 Å². The van der Waals surface area contributed by atoms with Gasteiger partial charge in [0.1, 0.15) is 0 Å². The Balaban J connectivity index is 2.11. The van der Waals surface area contributed by atoms with Gasteiger partial charge in [0.15, 0.2) is 0 Å². The molecule has 2 rings (SSSR count). The summed E-state index contributed by atoms with van der Waals surface area (Å²) in [6, 6.07) is 2.53. The summed E-state index contributed by atoms with van der Waals surface area (Å²) in [6.07, 6.45) is 8.36. The zero-order valence-corrected chi connectivity index (χ0v) is 13.4. The van der Waals surface area contributed by atoms with Gasteiger partial charge in [0.2, 0.25) is 0 Å². The van der Waals surface area contributed by atoms with E-state index in [4.69, 9.17) is 11.6 Å². The maximum Gasteiger partial charge on any atom is 0.0621 e. The molecule has 1 aromatic rings. The van der Waals surface area contributed by atoms with E-state index < -0.39 is 0 Å². The summed E-state index contributed by atoms with van der Waals surface area (Å²) < 4.78 is 0.335. The Morgan fingerprint density at radius 3 is 3.05 bits per heavy atom. The number of hydrogen-bond acceptors (Lipinski definition) is 3. The van der Waals surface area contributed by atoms with Crippen LogP contribution in [0.2, 0.25) is 5.02 Å². The van der Waals surface area contributed by atoms with Gasteiger partial charge in [-0.2, -0.15) is 11.8 Å². The van der Waals surface area contributed by atoms with E-state index in [9.17, 15) is 0 Å². The summed E-state index contributed by atoms with van der Waals surface area (Å²) in [6.45, 7) is 5.68. The number of nitrogens with zero attached hydrogens (tertiary/aromatic N) is 1. The fourth-order valence-electron chi connectivity index (χ4n) is 2.69. The van der Waals surface area contributed by atoms with Crippen LogP contribution in [0.15, 0.2) is 18.5 Å². The lowest BCUT2D eigenvalue weighted by Gasteiger charge is -2.34. The van der Waals surface area contributed by atoms with E-state index in [0.29, 0.717) is 10.8 Å². The molecule has 0 aromatic carbocycles. The molecule has 0 bridgehead atoms. The minimum absolute atomic E-state index is 0.335. The lowest BCUT2D eigenvalue weighted by molar-refractivity contribution is 0.399. The van der Waals surface area contributed by atoms with Gasteiger partial charge in [-0.3, -0.25) is 4.98 Å². The van der Waals surface area contributed by atoms with Crippen LogP contribution < -0.4 is 5.32 Å². The molecule has 1 aliphatic heterocycles. The van der Waals surface area contributed by atoms with Gasteiger partial charge in [-0.15, -0.1) is 0 Å². The van der Waals surface area contributed by atoms with Gasteiger partial charge in [-0.1, -0.05) is 18.5 Å². The van der Waals surface area contributed by atoms with Gasteiger partial charge in [0, 0.05) is 23.2 Å². The van der Waals surface area contributed by atoms with Gasteiger partial charge in [-0.05, 0) is 56.5 Å². The van der Waals surface area contributed by atoms with E-state index in [1.165, 1.54) is 30.6 Å². The molecule has 1 fully saturated rings. The van der Waals surface area contributed by atoms with Gasteiger partial charge in [0.25, 0.3) is 0 Å². The average molecular weight is 299 g/mol. The molecule has 1 N–H and O–H groups in total. The van der Waals surface area contributed by atoms with Crippen molar-refractivity contribution in [2.24, 2.45) is 0 Å². The molecule has 2 nitrogen and oxygen atoms in total. The molecule has 1 aromatic heterocycles. The van der Waals surface area contributed by atoms with Crippen LogP contribution in [-0.2, 0) is 6.42 Å². The first-order valence-electron chi connectivity index (χ1n) is 7.11. The van der Waals surface area contributed by atoms with Crippen LogP contribution in [0.25, 0.3) is 0 Å². The molecule has 106 valence electrons. The van der Waals surface area contributed by atoms with Crippen LogP contribution in [-0.4, -0.2) is 28.1 Å². The summed E-state index contributed by atoms with van der Waals surface area (Å²) in [5.74, 6) is 1.28. The molecule has 0 amide bonds. The second kappa shape index (κ2) is 6.96. The normalized spacial score (nSPS) is 24.6. The van der Waals surface area contributed by atoms with E-state index in [2.05, 4.69) is 35.9 Å². The molecule has 0 spiro atoms. The lowest BCUT2D eigenvalue weighted by Crippen LogP contribution is -2.47. The second-order valence-corrected chi connectivity index (χ2v) is 7.48. The minimum Gasteiger partial charge on any atom is -0.312 e. The topological polar surface area (TPSA) is 24.9 Å². The monoisotopic (exact) mass is 298 g/mol. The van der Waals surface area contributed by atoms with Crippen molar-refractivity contribution in [1.29, 1.82) is 0 Å². The third kappa shape index (κ3) is 3.87. The first kappa shape index (κ1) is 15.1. The van der Waals surface area contributed by atoms with E-state index in [0.717, 1.165) is 18.0 Å². The highest BCUT2D eigenvalue weighted by molar-refractivity contribution is 8.00. The van der Waals surface area contributed by atoms with Gasteiger partial charge in [0.05, 0.1) is 5.02 Å². The van der Waals surface area contributed by atoms with Crippen molar-refractivity contribution in [3.63, 3.8) is 0 Å². The molecule has 4 heteroatoms. The summed E-state index contributed by atoms with van der Waals surface area (Å²) in [5, 5.41) is 4.52. The Labute approximate surface area is 125 Å². The van der Waals surface area contributed by atoms with E-state index >= 15 is 0 Å². The second-order valence-electron chi connectivity index (χ2n) is 5.44. The molecule has 2 unspecified atom stereocenters. The van der Waals surface area contributed by atoms with Crippen LogP contribution in [0.4, 0.5) is 0 Å². The Bertz CT molecular complexity index is 405. The summed E-state index contributed by atoms with van der Waals surface area (Å²) in [7, 11) is 0. The van der Waals surface area contributed by atoms with Crippen LogP contribution in [0.3, 0.4) is 0 Å². The van der Waals surface area contributed by atoms with Crippen LogP contribution in [0.5, 0.6) is 0 Å². The van der Waals surface area contributed by atoms with Crippen molar-refractivity contribution < 1.29 is 0 Å². The summed E-state index contributed by atoms with van der Waals surface area (Å²) >= 11 is 8.36. The smallest absolute Gasteiger partial charge is 0.0621 e. The molecule has 0 radical (unpaired) electrons. The quantitative estimate of drug-likeness (QED) is 0.861. The molecule has 2 heterocycles. The van der Waals surface area contributed by atoms with Crippen molar-refractivity contribution >= 4 is 23.4 Å². The minimum atomic E-state index is 0.335. The van der Waals surface area contributed by atoms with Crippen molar-refractivity contribution in [2.75, 3.05) is 12.3 Å². The third-order valence-corrected chi connectivity index (χ3v) is 5.89. The van der Waals surface area contributed by atoms with E-state index in [1.54, 1.807) is 6.20 Å². The molecule has 1 saturated heterocycles. The largest absolute Gasteiger partial charge is 0.312 e. The maximum absolute atomic E-state index is 6.26. The zero-order valence-electron chi connectivity index (χ0n) is 11.8. The maximum atomic E-state index is 6.26. The Kier molecular flexibility index (Phi) is 5.55. The standard InChI is InChI=1S/C15H23ClN2S/c1-3-7-18-14(15(2)6-4-9-19-15)10-12-5-8-17-11-13(12)16/h5,8,11,14,18H,3-4,6-7,9-10H2,1-2H3. The first-order valence-corrected chi connectivity index (χ1v) is 8.48. The zero-order chi connectivity index (χ0) is 13.7. The fraction of sp³-hybridized carbons (Fsp3) is 0.667. The molecule has 1 aliphatic rings. The number of rotatable bonds is 6. The van der Waals surface area contributed by atoms with Crippen LogP contribution >= 0.6 is 23.4 Å². The number of halogens is 1. The van der Waals surface area contributed by atoms with Crippen molar-refractivity contribution in [3.8, 4) is 0 Å². The van der Waals surface area contributed by atoms with Crippen molar-refractivity contribution in [1.82, 2.24) is 10.3 Å². The predicted molar refractivity (Wildman–Crippen MR) is 85.1 cm³/mol. The molecular formula is C15H23ClN2S. The van der Waals surface area contributed by atoms with Gasteiger partial charge < -0.3 is 5.32 Å². The Morgan fingerprint density at radius 2 is 2.42 bits per heavy atom. The highest BCUT2D eigenvalue weighted by Gasteiger charge is 2.37. The number of thioether (sulfide) groups is 1. The first-order chi connectivity index (χ1) is 9.15. The molecule has 19 heavy (non-hydrogen) atoms. The Hall–Kier alpha value is -0.250. The van der Waals surface area contributed by atoms with Crippen molar-refractivity contribution in [3.05, 3.63) is 29.0 Å². The summed E-state index contributed by atoms with van der Waals surface area (Å²) in [4.78, 5) is 4.07. The highest BCUT2D eigenvalue weighted by Crippen LogP contribution is 2.41. The molecule has 2 atom stereocenters. The van der Waals surface area contributed by atoms with Crippen LogP contribution in [0, 0.1) is 0 Å². The summed E-state index contributed by atoms with van der Waals surface area (Å²) in [5.41, 5.74) is 1.21. The third-order valence-electron chi connectivity index (χ3n) is 3.91. The van der Waals surface area contributed by atoms with Crippen molar-refractivity contribution in [2.45, 2.75) is 50.3 Å². The van der Waals surface area contributed by atoms with Gasteiger partial charge in [-0.25, -0.2) is 0 Å². The lowest BCUT2D eigenvalue weighted by atomic mass is 9.91. The van der Waals surface area contributed by atoms with E-state index in [1.807, 2.05) is 12.3 Å². The fourth-order valence-corrected chi connectivity index (χ4v) is 4.30. The predicted octanol–water partition coefficient (Wildman–Crippen LogP) is 3.93. The van der Waals surface area contributed by atoms with E-state index in [-0.39, 0.29) is 0 Å². The number of pyridine rings is 1.